The number of rotatable bonds is 4. The maximum atomic E-state index is 13.4. The maximum Gasteiger partial charge on any atom is 0.262 e. The Bertz CT molecular complexity index is 660. The molecule has 0 aromatic heterocycles. The van der Waals surface area contributed by atoms with Crippen molar-refractivity contribution in [2.45, 2.75) is 0 Å². The third-order valence-corrected chi connectivity index (χ3v) is 2.83. The molecule has 0 aliphatic heterocycles. The molecule has 0 atom stereocenters. The summed E-state index contributed by atoms with van der Waals surface area (Å²) in [5.41, 5.74) is 5.71. The lowest BCUT2D eigenvalue weighted by Crippen LogP contribution is -2.21. The van der Waals surface area contributed by atoms with Crippen molar-refractivity contribution in [1.29, 1.82) is 0 Å². The number of hydrogen-bond acceptors (Lipinski definition) is 3. The van der Waals surface area contributed by atoms with Crippen molar-refractivity contribution in [3.63, 3.8) is 0 Å². The van der Waals surface area contributed by atoms with Gasteiger partial charge in [-0.05, 0) is 30.3 Å². The van der Waals surface area contributed by atoms with Crippen LogP contribution in [0.3, 0.4) is 0 Å². The highest BCUT2D eigenvalue weighted by molar-refractivity contribution is 6.32. The Morgan fingerprint density at radius 2 is 2.00 bits per heavy atom. The fourth-order valence-corrected chi connectivity index (χ4v) is 1.80. The zero-order valence-electron chi connectivity index (χ0n) is 10.7. The predicted octanol–water partition coefficient (Wildman–Crippen LogP) is 3.22. The molecule has 2 aromatic rings. The lowest BCUT2D eigenvalue weighted by atomic mass is 10.2. The van der Waals surface area contributed by atoms with Crippen molar-refractivity contribution in [3.05, 3.63) is 53.1 Å². The number of nitrogens with two attached hydrogens (primary N) is 1. The first-order chi connectivity index (χ1) is 9.97. The van der Waals surface area contributed by atoms with E-state index >= 15 is 0 Å². The van der Waals surface area contributed by atoms with Crippen LogP contribution in [0.5, 0.6) is 5.75 Å². The van der Waals surface area contributed by atoms with Gasteiger partial charge in [0.15, 0.2) is 18.2 Å². The second kappa shape index (κ2) is 6.41. The fraction of sp³-hybridized carbons (Fsp3) is 0.0714. The molecule has 2 aromatic carbocycles. The van der Waals surface area contributed by atoms with E-state index in [1.54, 1.807) is 0 Å². The Balaban J connectivity index is 2.01. The number of ether oxygens (including phenoxy) is 1. The number of para-hydroxylation sites is 1. The molecule has 0 fully saturated rings. The number of nitrogen functional groups attached to an aromatic ring is 1. The molecule has 110 valence electrons. The average Bonchev–Trinajstić information content (AvgIpc) is 2.42. The van der Waals surface area contributed by atoms with Gasteiger partial charge >= 0.3 is 0 Å². The van der Waals surface area contributed by atoms with E-state index in [9.17, 15) is 13.6 Å². The van der Waals surface area contributed by atoms with Gasteiger partial charge in [-0.1, -0.05) is 17.7 Å². The van der Waals surface area contributed by atoms with Crippen LogP contribution in [0, 0.1) is 11.6 Å². The quantitative estimate of drug-likeness (QED) is 0.852. The molecule has 0 radical (unpaired) electrons. The van der Waals surface area contributed by atoms with Crippen molar-refractivity contribution in [3.8, 4) is 5.75 Å². The standard InChI is InChI=1S/C14H11ClF2N2O2/c15-9-2-1-3-11(17)14(9)21-7-13(20)19-12-6-8(18)4-5-10(12)16/h1-6H,7,18H2,(H,19,20). The number of anilines is 2. The molecule has 0 saturated carbocycles. The highest BCUT2D eigenvalue weighted by Gasteiger charge is 2.12. The highest BCUT2D eigenvalue weighted by atomic mass is 35.5. The fourth-order valence-electron chi connectivity index (χ4n) is 1.58. The van der Waals surface area contributed by atoms with E-state index in [0.29, 0.717) is 5.69 Å². The Morgan fingerprint density at radius 3 is 2.71 bits per heavy atom. The predicted molar refractivity (Wildman–Crippen MR) is 76.3 cm³/mol. The molecular formula is C14H11ClF2N2O2. The van der Waals surface area contributed by atoms with Gasteiger partial charge in [-0.3, -0.25) is 4.79 Å². The van der Waals surface area contributed by atoms with Crippen LogP contribution in [-0.2, 0) is 4.79 Å². The minimum absolute atomic E-state index is 0.0398. The molecule has 0 aliphatic rings. The molecule has 1 amide bonds. The lowest BCUT2D eigenvalue weighted by Gasteiger charge is -2.10. The minimum Gasteiger partial charge on any atom is -0.479 e. The molecule has 0 aliphatic carbocycles. The average molecular weight is 313 g/mol. The Labute approximate surface area is 124 Å². The molecule has 7 heteroatoms. The summed E-state index contributed by atoms with van der Waals surface area (Å²) in [4.78, 5) is 11.7. The van der Waals surface area contributed by atoms with Gasteiger partial charge in [-0.15, -0.1) is 0 Å². The van der Waals surface area contributed by atoms with Crippen LogP contribution in [0.25, 0.3) is 0 Å². The molecule has 0 spiro atoms. The van der Waals surface area contributed by atoms with Crippen LogP contribution in [0.1, 0.15) is 0 Å². The molecule has 0 unspecified atom stereocenters. The van der Waals surface area contributed by atoms with Gasteiger partial charge in [0.2, 0.25) is 0 Å². The summed E-state index contributed by atoms with van der Waals surface area (Å²) in [7, 11) is 0. The zero-order valence-corrected chi connectivity index (χ0v) is 11.5. The van der Waals surface area contributed by atoms with Gasteiger partial charge < -0.3 is 15.8 Å². The summed E-state index contributed by atoms with van der Waals surface area (Å²) in [6, 6.07) is 7.74. The van der Waals surface area contributed by atoms with E-state index in [-0.39, 0.29) is 16.5 Å². The van der Waals surface area contributed by atoms with Crippen molar-refractivity contribution in [2.75, 3.05) is 17.7 Å². The first-order valence-corrected chi connectivity index (χ1v) is 6.27. The SMILES string of the molecule is Nc1ccc(F)c(NC(=O)COc2c(F)cccc2Cl)c1. The van der Waals surface area contributed by atoms with Gasteiger partial charge in [0, 0.05) is 5.69 Å². The first-order valence-electron chi connectivity index (χ1n) is 5.89. The van der Waals surface area contributed by atoms with E-state index in [2.05, 4.69) is 5.32 Å². The molecular weight excluding hydrogens is 302 g/mol. The summed E-state index contributed by atoms with van der Waals surface area (Å²) in [6.45, 7) is -0.519. The largest absolute Gasteiger partial charge is 0.479 e. The molecule has 0 heterocycles. The van der Waals surface area contributed by atoms with Gasteiger partial charge in [0.1, 0.15) is 5.82 Å². The zero-order chi connectivity index (χ0) is 15.4. The summed E-state index contributed by atoms with van der Waals surface area (Å²) in [6.07, 6.45) is 0. The van der Waals surface area contributed by atoms with Crippen LogP contribution in [-0.4, -0.2) is 12.5 Å². The van der Waals surface area contributed by atoms with Gasteiger partial charge in [-0.2, -0.15) is 0 Å². The number of carbonyl (C=O) groups is 1. The number of nitrogens with one attached hydrogen (secondary N) is 1. The molecule has 3 N–H and O–H groups in total. The van der Waals surface area contributed by atoms with Crippen LogP contribution in [0.15, 0.2) is 36.4 Å². The summed E-state index contributed by atoms with van der Waals surface area (Å²) >= 11 is 5.75. The molecule has 0 bridgehead atoms. The Morgan fingerprint density at radius 1 is 1.24 bits per heavy atom. The number of benzene rings is 2. The molecule has 4 nitrogen and oxygen atoms in total. The van der Waals surface area contributed by atoms with Crippen molar-refractivity contribution >= 4 is 28.9 Å². The van der Waals surface area contributed by atoms with E-state index in [1.807, 2.05) is 0 Å². The monoisotopic (exact) mass is 312 g/mol. The van der Waals surface area contributed by atoms with Gasteiger partial charge in [0.05, 0.1) is 10.7 Å². The first kappa shape index (κ1) is 15.1. The molecule has 0 saturated heterocycles. The summed E-state index contributed by atoms with van der Waals surface area (Å²) in [5, 5.41) is 2.32. The van der Waals surface area contributed by atoms with Crippen molar-refractivity contribution < 1.29 is 18.3 Å². The normalized spacial score (nSPS) is 10.2. The maximum absolute atomic E-state index is 13.4. The summed E-state index contributed by atoms with van der Waals surface area (Å²) < 4.78 is 31.9. The minimum atomic E-state index is -0.689. The molecule has 2 rings (SSSR count). The van der Waals surface area contributed by atoms with Crippen LogP contribution < -0.4 is 15.8 Å². The Kier molecular flexibility index (Phi) is 4.59. The molecule has 21 heavy (non-hydrogen) atoms. The van der Waals surface area contributed by atoms with Crippen LogP contribution in [0.4, 0.5) is 20.2 Å². The van der Waals surface area contributed by atoms with E-state index in [1.165, 1.54) is 24.3 Å². The topological polar surface area (TPSA) is 64.3 Å². The third-order valence-electron chi connectivity index (χ3n) is 2.53. The van der Waals surface area contributed by atoms with Crippen LogP contribution >= 0.6 is 11.6 Å². The van der Waals surface area contributed by atoms with E-state index in [4.69, 9.17) is 22.1 Å². The van der Waals surface area contributed by atoms with Crippen molar-refractivity contribution in [2.24, 2.45) is 0 Å². The van der Waals surface area contributed by atoms with E-state index in [0.717, 1.165) is 12.1 Å². The third kappa shape index (κ3) is 3.82. The number of hydrogen-bond donors (Lipinski definition) is 2. The van der Waals surface area contributed by atoms with Gasteiger partial charge in [-0.25, -0.2) is 8.78 Å². The highest BCUT2D eigenvalue weighted by Crippen LogP contribution is 2.27. The van der Waals surface area contributed by atoms with Crippen LogP contribution in [0.2, 0.25) is 5.02 Å². The van der Waals surface area contributed by atoms with Crippen molar-refractivity contribution in [1.82, 2.24) is 0 Å². The summed E-state index contributed by atoms with van der Waals surface area (Å²) in [5.74, 6) is -2.23. The second-order valence-electron chi connectivity index (χ2n) is 4.13. The lowest BCUT2D eigenvalue weighted by molar-refractivity contribution is -0.118. The number of carbonyl (C=O) groups excluding carboxylic acids is 1. The number of amides is 1. The number of halogens is 3. The second-order valence-corrected chi connectivity index (χ2v) is 4.53. The Hall–Kier alpha value is -2.34. The van der Waals surface area contributed by atoms with Gasteiger partial charge in [0.25, 0.3) is 5.91 Å². The smallest absolute Gasteiger partial charge is 0.262 e. The van der Waals surface area contributed by atoms with E-state index < -0.39 is 24.1 Å².